The van der Waals surface area contributed by atoms with E-state index in [1.807, 2.05) is 31.3 Å². The Hall–Kier alpha value is -2.74. The van der Waals surface area contributed by atoms with Gasteiger partial charge in [0.05, 0.1) is 17.9 Å². The van der Waals surface area contributed by atoms with Gasteiger partial charge in [-0.25, -0.2) is 9.67 Å². The molecule has 4 heterocycles. The summed E-state index contributed by atoms with van der Waals surface area (Å²) in [6.07, 6.45) is 6.60. The van der Waals surface area contributed by atoms with Crippen LogP contribution in [-0.4, -0.2) is 49.9 Å². The summed E-state index contributed by atoms with van der Waals surface area (Å²) in [5, 5.41) is 14.4. The number of rotatable bonds is 5. The Kier molecular flexibility index (Phi) is 4.66. The van der Waals surface area contributed by atoms with Crippen LogP contribution in [-0.2, 0) is 6.42 Å². The first kappa shape index (κ1) is 16.7. The van der Waals surface area contributed by atoms with Crippen LogP contribution in [0.5, 0.6) is 0 Å². The van der Waals surface area contributed by atoms with E-state index in [9.17, 15) is 4.79 Å². The summed E-state index contributed by atoms with van der Waals surface area (Å²) >= 11 is 0. The van der Waals surface area contributed by atoms with Crippen LogP contribution in [0.2, 0.25) is 0 Å². The molecular formula is C18H23N7O. The maximum atomic E-state index is 12.3. The lowest BCUT2D eigenvalue weighted by Crippen LogP contribution is -2.32. The zero-order chi connectivity index (χ0) is 17.9. The van der Waals surface area contributed by atoms with E-state index in [2.05, 4.69) is 30.3 Å². The molecule has 1 fully saturated rings. The standard InChI is InChI=1S/C18H23N7O/c1-13-4-2-6-17-21-14(11-24(13)17)7-9-20-18(26)16-12-25(23-22-16)15-5-3-8-19-10-15/h2,4,6,11-12,15,19H,3,5,7-10H2,1H3,(H,20,26). The van der Waals surface area contributed by atoms with Crippen LogP contribution in [0.3, 0.4) is 0 Å². The molecule has 0 saturated carbocycles. The van der Waals surface area contributed by atoms with Crippen LogP contribution in [0.4, 0.5) is 0 Å². The predicted octanol–water partition coefficient (Wildman–Crippen LogP) is 1.13. The second-order valence-electron chi connectivity index (χ2n) is 6.72. The molecule has 3 aromatic heterocycles. The molecule has 1 unspecified atom stereocenters. The molecule has 1 aliphatic rings. The zero-order valence-corrected chi connectivity index (χ0v) is 14.9. The largest absolute Gasteiger partial charge is 0.350 e. The number of hydrogen-bond donors (Lipinski definition) is 2. The first-order chi connectivity index (χ1) is 12.7. The second kappa shape index (κ2) is 7.25. The quantitative estimate of drug-likeness (QED) is 0.718. The van der Waals surface area contributed by atoms with Gasteiger partial charge in [0.1, 0.15) is 5.65 Å². The fraction of sp³-hybridized carbons (Fsp3) is 0.444. The van der Waals surface area contributed by atoms with Crippen LogP contribution in [0.15, 0.2) is 30.6 Å². The Balaban J connectivity index is 1.33. The Morgan fingerprint density at radius 2 is 2.31 bits per heavy atom. The molecule has 0 aliphatic carbocycles. The summed E-state index contributed by atoms with van der Waals surface area (Å²) in [5.41, 5.74) is 3.38. The number of amides is 1. The van der Waals surface area contributed by atoms with Gasteiger partial charge in [-0.05, 0) is 38.4 Å². The van der Waals surface area contributed by atoms with Gasteiger partial charge in [-0.3, -0.25) is 4.79 Å². The number of hydrogen-bond acceptors (Lipinski definition) is 5. The summed E-state index contributed by atoms with van der Waals surface area (Å²) < 4.78 is 3.85. The average Bonchev–Trinajstić information content (AvgIpc) is 3.30. The first-order valence-electron chi connectivity index (χ1n) is 9.05. The summed E-state index contributed by atoms with van der Waals surface area (Å²) in [7, 11) is 0. The van der Waals surface area contributed by atoms with Crippen molar-refractivity contribution in [2.75, 3.05) is 19.6 Å². The molecule has 0 aromatic carbocycles. The number of aryl methyl sites for hydroxylation is 1. The van der Waals surface area contributed by atoms with Gasteiger partial charge in [-0.1, -0.05) is 11.3 Å². The number of carbonyl (C=O) groups is 1. The van der Waals surface area contributed by atoms with Gasteiger partial charge in [0, 0.05) is 31.4 Å². The van der Waals surface area contributed by atoms with E-state index in [0.29, 0.717) is 18.7 Å². The first-order valence-corrected chi connectivity index (χ1v) is 9.05. The Morgan fingerprint density at radius 3 is 3.12 bits per heavy atom. The SMILES string of the molecule is Cc1cccc2nc(CCNC(=O)c3cn(C4CCCNC4)nn3)cn12. The summed E-state index contributed by atoms with van der Waals surface area (Å²) in [6.45, 7) is 4.48. The van der Waals surface area contributed by atoms with E-state index in [4.69, 9.17) is 0 Å². The summed E-state index contributed by atoms with van der Waals surface area (Å²) in [4.78, 5) is 16.9. The van der Waals surface area contributed by atoms with E-state index >= 15 is 0 Å². The van der Waals surface area contributed by atoms with Crippen LogP contribution in [0, 0.1) is 6.92 Å². The molecule has 1 aliphatic heterocycles. The monoisotopic (exact) mass is 353 g/mol. The number of nitrogens with zero attached hydrogens (tertiary/aromatic N) is 5. The van der Waals surface area contributed by atoms with Crippen LogP contribution < -0.4 is 10.6 Å². The maximum absolute atomic E-state index is 12.3. The predicted molar refractivity (Wildman–Crippen MR) is 97.1 cm³/mol. The third-order valence-corrected chi connectivity index (χ3v) is 4.80. The molecule has 1 atom stereocenters. The fourth-order valence-corrected chi connectivity index (χ4v) is 3.33. The van der Waals surface area contributed by atoms with Gasteiger partial charge in [0.15, 0.2) is 5.69 Å². The van der Waals surface area contributed by atoms with Gasteiger partial charge in [0.2, 0.25) is 0 Å². The highest BCUT2D eigenvalue weighted by molar-refractivity contribution is 5.91. The highest BCUT2D eigenvalue weighted by atomic mass is 16.2. The number of piperidine rings is 1. The molecule has 8 nitrogen and oxygen atoms in total. The van der Waals surface area contributed by atoms with Crippen LogP contribution >= 0.6 is 0 Å². The average molecular weight is 353 g/mol. The van der Waals surface area contributed by atoms with Gasteiger partial charge in [-0.2, -0.15) is 0 Å². The minimum Gasteiger partial charge on any atom is -0.350 e. The van der Waals surface area contributed by atoms with Crippen molar-refractivity contribution in [3.05, 3.63) is 47.7 Å². The molecule has 3 aromatic rings. The number of nitrogens with one attached hydrogen (secondary N) is 2. The lowest BCUT2D eigenvalue weighted by molar-refractivity contribution is 0.0949. The van der Waals surface area contributed by atoms with E-state index in [1.54, 1.807) is 10.9 Å². The molecule has 136 valence electrons. The van der Waals surface area contributed by atoms with E-state index < -0.39 is 0 Å². The lowest BCUT2D eigenvalue weighted by Gasteiger charge is -2.22. The molecule has 26 heavy (non-hydrogen) atoms. The van der Waals surface area contributed by atoms with Crippen molar-refractivity contribution in [2.24, 2.45) is 0 Å². The maximum Gasteiger partial charge on any atom is 0.273 e. The summed E-state index contributed by atoms with van der Waals surface area (Å²) in [5.74, 6) is -0.194. The van der Waals surface area contributed by atoms with E-state index in [-0.39, 0.29) is 11.9 Å². The number of fused-ring (bicyclic) bond motifs is 1. The van der Waals surface area contributed by atoms with Gasteiger partial charge in [0.25, 0.3) is 5.91 Å². The molecule has 4 rings (SSSR count). The Bertz CT molecular complexity index is 907. The van der Waals surface area contributed by atoms with Crippen molar-refractivity contribution in [1.82, 2.24) is 35.0 Å². The molecule has 0 bridgehead atoms. The second-order valence-corrected chi connectivity index (χ2v) is 6.72. The molecule has 0 radical (unpaired) electrons. The van der Waals surface area contributed by atoms with Crippen LogP contribution in [0.1, 0.15) is 40.8 Å². The van der Waals surface area contributed by atoms with Crippen molar-refractivity contribution in [3.63, 3.8) is 0 Å². The van der Waals surface area contributed by atoms with Crippen LogP contribution in [0.25, 0.3) is 5.65 Å². The van der Waals surface area contributed by atoms with E-state index in [0.717, 1.165) is 43.0 Å². The molecule has 1 amide bonds. The molecule has 1 saturated heterocycles. The fourth-order valence-electron chi connectivity index (χ4n) is 3.33. The smallest absolute Gasteiger partial charge is 0.273 e. The van der Waals surface area contributed by atoms with Crippen molar-refractivity contribution < 1.29 is 4.79 Å². The van der Waals surface area contributed by atoms with Crippen molar-refractivity contribution in [1.29, 1.82) is 0 Å². The summed E-state index contributed by atoms with van der Waals surface area (Å²) in [6, 6.07) is 6.30. The van der Waals surface area contributed by atoms with Gasteiger partial charge in [-0.15, -0.1) is 5.10 Å². The van der Waals surface area contributed by atoms with Gasteiger partial charge < -0.3 is 15.0 Å². The Labute approximate surface area is 151 Å². The topological polar surface area (TPSA) is 89.1 Å². The number of aromatic nitrogens is 5. The number of imidazole rings is 1. The van der Waals surface area contributed by atoms with Crippen molar-refractivity contribution in [2.45, 2.75) is 32.2 Å². The molecule has 0 spiro atoms. The van der Waals surface area contributed by atoms with Gasteiger partial charge >= 0.3 is 0 Å². The molecular weight excluding hydrogens is 330 g/mol. The minimum absolute atomic E-state index is 0.194. The zero-order valence-electron chi connectivity index (χ0n) is 14.9. The highest BCUT2D eigenvalue weighted by Gasteiger charge is 2.18. The molecule has 8 heteroatoms. The molecule has 2 N–H and O–H groups in total. The third kappa shape index (κ3) is 3.45. The number of pyridine rings is 1. The highest BCUT2D eigenvalue weighted by Crippen LogP contribution is 2.15. The Morgan fingerprint density at radius 1 is 1.38 bits per heavy atom. The normalized spacial score (nSPS) is 17.5. The minimum atomic E-state index is -0.194. The third-order valence-electron chi connectivity index (χ3n) is 4.80. The van der Waals surface area contributed by atoms with Crippen molar-refractivity contribution in [3.8, 4) is 0 Å². The number of carbonyl (C=O) groups excluding carboxylic acids is 1. The van der Waals surface area contributed by atoms with Crippen molar-refractivity contribution >= 4 is 11.6 Å². The lowest BCUT2D eigenvalue weighted by atomic mass is 10.1. The van der Waals surface area contributed by atoms with E-state index in [1.165, 1.54) is 0 Å².